The number of nitrogens with one attached hydrogen (secondary N) is 2. The van der Waals surface area contributed by atoms with Crippen molar-refractivity contribution >= 4 is 21.8 Å². The Bertz CT molecular complexity index is 834. The largest absolute Gasteiger partial charge is 0.352 e. The molecule has 0 fully saturated rings. The van der Waals surface area contributed by atoms with Crippen molar-refractivity contribution in [3.8, 4) is 0 Å². The molecule has 0 spiro atoms. The summed E-state index contributed by atoms with van der Waals surface area (Å²) >= 11 is 0. The maximum absolute atomic E-state index is 11.8. The van der Waals surface area contributed by atoms with Crippen molar-refractivity contribution in [1.29, 1.82) is 0 Å². The van der Waals surface area contributed by atoms with Crippen molar-refractivity contribution in [2.24, 2.45) is 5.14 Å². The number of hydrogen-bond donors (Lipinski definition) is 3. The van der Waals surface area contributed by atoms with Crippen molar-refractivity contribution in [3.05, 3.63) is 65.7 Å². The summed E-state index contributed by atoms with van der Waals surface area (Å²) in [6.45, 7) is 0.486. The maximum atomic E-state index is 11.8. The molecular formula is C17H19N3O4S. The van der Waals surface area contributed by atoms with Gasteiger partial charge in [-0.1, -0.05) is 30.3 Å². The van der Waals surface area contributed by atoms with Crippen molar-refractivity contribution in [2.75, 3.05) is 6.54 Å². The minimum Gasteiger partial charge on any atom is -0.352 e. The Labute approximate surface area is 146 Å². The molecule has 25 heavy (non-hydrogen) atoms. The third-order valence-electron chi connectivity index (χ3n) is 3.42. The van der Waals surface area contributed by atoms with Crippen LogP contribution in [0.4, 0.5) is 0 Å². The van der Waals surface area contributed by atoms with E-state index in [1.165, 1.54) is 12.1 Å². The van der Waals surface area contributed by atoms with E-state index in [4.69, 9.17) is 5.14 Å². The quantitative estimate of drug-likeness (QED) is 0.675. The lowest BCUT2D eigenvalue weighted by Crippen LogP contribution is -2.30. The maximum Gasteiger partial charge on any atom is 0.251 e. The number of nitrogens with two attached hydrogens (primary N) is 1. The smallest absolute Gasteiger partial charge is 0.251 e. The van der Waals surface area contributed by atoms with Gasteiger partial charge in [0, 0.05) is 25.1 Å². The lowest BCUT2D eigenvalue weighted by molar-refractivity contribution is -0.121. The first-order valence-electron chi connectivity index (χ1n) is 7.58. The molecule has 2 aromatic rings. The first-order chi connectivity index (χ1) is 11.9. The Morgan fingerprint density at radius 1 is 0.920 bits per heavy atom. The summed E-state index contributed by atoms with van der Waals surface area (Å²) in [6.07, 6.45) is 0.147. The number of primary sulfonamides is 1. The van der Waals surface area contributed by atoms with Crippen molar-refractivity contribution in [1.82, 2.24) is 10.6 Å². The second kappa shape index (κ2) is 8.41. The summed E-state index contributed by atoms with van der Waals surface area (Å²) in [6, 6.07) is 14.7. The van der Waals surface area contributed by atoms with Crippen LogP contribution in [-0.2, 0) is 21.4 Å². The zero-order chi connectivity index (χ0) is 18.3. The van der Waals surface area contributed by atoms with E-state index in [0.29, 0.717) is 5.56 Å². The van der Waals surface area contributed by atoms with Gasteiger partial charge in [0.25, 0.3) is 5.91 Å². The van der Waals surface area contributed by atoms with Gasteiger partial charge in [0.1, 0.15) is 0 Å². The Morgan fingerprint density at radius 3 is 2.16 bits per heavy atom. The number of benzene rings is 2. The highest BCUT2D eigenvalue weighted by atomic mass is 32.2. The van der Waals surface area contributed by atoms with Gasteiger partial charge in [0.15, 0.2) is 0 Å². The average molecular weight is 361 g/mol. The highest BCUT2D eigenvalue weighted by molar-refractivity contribution is 7.89. The molecule has 7 nitrogen and oxygen atoms in total. The predicted octanol–water partition coefficient (Wildman–Crippen LogP) is 0.770. The van der Waals surface area contributed by atoms with Crippen LogP contribution in [-0.4, -0.2) is 26.8 Å². The molecule has 0 aliphatic carbocycles. The molecule has 0 bridgehead atoms. The monoisotopic (exact) mass is 361 g/mol. The third kappa shape index (κ3) is 6.02. The average Bonchev–Trinajstić information content (AvgIpc) is 2.60. The van der Waals surface area contributed by atoms with E-state index in [2.05, 4.69) is 10.6 Å². The van der Waals surface area contributed by atoms with Crippen LogP contribution in [0.3, 0.4) is 0 Å². The number of carbonyl (C=O) groups is 2. The van der Waals surface area contributed by atoms with Crippen LogP contribution in [0.1, 0.15) is 22.3 Å². The molecule has 0 radical (unpaired) electrons. The SMILES string of the molecule is NS(=O)(=O)c1ccc(CNC(=O)CCNC(=O)c2ccccc2)cc1. The van der Waals surface area contributed by atoms with E-state index < -0.39 is 10.0 Å². The van der Waals surface area contributed by atoms with Crippen molar-refractivity contribution in [3.63, 3.8) is 0 Å². The molecule has 0 aliphatic rings. The molecule has 2 rings (SSSR count). The fourth-order valence-electron chi connectivity index (χ4n) is 2.07. The van der Waals surface area contributed by atoms with Gasteiger partial charge in [0.05, 0.1) is 4.90 Å². The third-order valence-corrected chi connectivity index (χ3v) is 4.34. The van der Waals surface area contributed by atoms with Crippen LogP contribution in [0, 0.1) is 0 Å². The minimum absolute atomic E-state index is 0.0196. The van der Waals surface area contributed by atoms with Crippen LogP contribution in [0.2, 0.25) is 0 Å². The van der Waals surface area contributed by atoms with Gasteiger partial charge in [-0.05, 0) is 29.8 Å². The molecule has 0 saturated heterocycles. The van der Waals surface area contributed by atoms with E-state index in [1.807, 2.05) is 6.07 Å². The zero-order valence-corrected chi connectivity index (χ0v) is 14.3. The summed E-state index contributed by atoms with van der Waals surface area (Å²) in [5.74, 6) is -0.448. The van der Waals surface area contributed by atoms with E-state index in [1.54, 1.807) is 36.4 Å². The fourth-order valence-corrected chi connectivity index (χ4v) is 2.58. The number of carbonyl (C=O) groups excluding carboxylic acids is 2. The molecule has 0 unspecified atom stereocenters. The Hall–Kier alpha value is -2.71. The molecule has 0 atom stereocenters. The Morgan fingerprint density at radius 2 is 1.56 bits per heavy atom. The molecule has 4 N–H and O–H groups in total. The standard InChI is InChI=1S/C17H19N3O4S/c18-25(23,24)15-8-6-13(7-9-15)12-20-16(21)10-11-19-17(22)14-4-2-1-3-5-14/h1-9H,10-12H2,(H,19,22)(H,20,21)(H2,18,23,24). The van der Waals surface area contributed by atoms with Gasteiger partial charge >= 0.3 is 0 Å². The molecule has 2 aromatic carbocycles. The van der Waals surface area contributed by atoms with Gasteiger partial charge in [-0.15, -0.1) is 0 Å². The molecule has 8 heteroatoms. The normalized spacial score (nSPS) is 10.9. The number of hydrogen-bond acceptors (Lipinski definition) is 4. The van der Waals surface area contributed by atoms with Crippen LogP contribution >= 0.6 is 0 Å². The lowest BCUT2D eigenvalue weighted by atomic mass is 10.2. The summed E-state index contributed by atoms with van der Waals surface area (Å²) in [5.41, 5.74) is 1.28. The van der Waals surface area contributed by atoms with E-state index in [0.717, 1.165) is 5.56 Å². The van der Waals surface area contributed by atoms with Crippen molar-refractivity contribution in [2.45, 2.75) is 17.9 Å². The van der Waals surface area contributed by atoms with Crippen LogP contribution in [0.5, 0.6) is 0 Å². The van der Waals surface area contributed by atoms with Crippen molar-refractivity contribution < 1.29 is 18.0 Å². The number of sulfonamides is 1. The number of amides is 2. The van der Waals surface area contributed by atoms with Gasteiger partial charge in [-0.3, -0.25) is 9.59 Å². The fraction of sp³-hybridized carbons (Fsp3) is 0.176. The van der Waals surface area contributed by atoms with E-state index in [9.17, 15) is 18.0 Å². The van der Waals surface area contributed by atoms with E-state index in [-0.39, 0.29) is 36.2 Å². The summed E-state index contributed by atoms with van der Waals surface area (Å²) in [5, 5.41) is 10.4. The first-order valence-corrected chi connectivity index (χ1v) is 9.12. The minimum atomic E-state index is -3.72. The molecule has 0 aromatic heterocycles. The van der Waals surface area contributed by atoms with Crippen LogP contribution in [0.15, 0.2) is 59.5 Å². The molecular weight excluding hydrogens is 342 g/mol. The van der Waals surface area contributed by atoms with Gasteiger partial charge in [0.2, 0.25) is 15.9 Å². The molecule has 2 amide bonds. The van der Waals surface area contributed by atoms with Gasteiger partial charge in [-0.25, -0.2) is 13.6 Å². The zero-order valence-electron chi connectivity index (χ0n) is 13.4. The summed E-state index contributed by atoms with van der Waals surface area (Å²) in [7, 11) is -3.72. The van der Waals surface area contributed by atoms with Gasteiger partial charge < -0.3 is 10.6 Å². The molecule has 0 aliphatic heterocycles. The van der Waals surface area contributed by atoms with Crippen LogP contribution < -0.4 is 15.8 Å². The lowest BCUT2D eigenvalue weighted by Gasteiger charge is -2.07. The Balaban J connectivity index is 1.73. The van der Waals surface area contributed by atoms with Crippen LogP contribution in [0.25, 0.3) is 0 Å². The molecule has 132 valence electrons. The van der Waals surface area contributed by atoms with Gasteiger partial charge in [-0.2, -0.15) is 0 Å². The Kier molecular flexibility index (Phi) is 6.26. The highest BCUT2D eigenvalue weighted by Gasteiger charge is 2.08. The number of rotatable bonds is 7. The highest BCUT2D eigenvalue weighted by Crippen LogP contribution is 2.08. The topological polar surface area (TPSA) is 118 Å². The molecule has 0 heterocycles. The van der Waals surface area contributed by atoms with E-state index >= 15 is 0 Å². The predicted molar refractivity (Wildman–Crippen MR) is 93.1 cm³/mol. The summed E-state index contributed by atoms with van der Waals surface area (Å²) in [4.78, 5) is 23.6. The second-order valence-corrected chi connectivity index (χ2v) is 6.90. The molecule has 0 saturated carbocycles. The summed E-state index contributed by atoms with van der Waals surface area (Å²) < 4.78 is 22.3. The second-order valence-electron chi connectivity index (χ2n) is 5.34. The first kappa shape index (κ1) is 18.6.